The highest BCUT2D eigenvalue weighted by molar-refractivity contribution is 7.54. The van der Waals surface area contributed by atoms with E-state index in [1.165, 1.54) is 52.4 Å². The van der Waals surface area contributed by atoms with Gasteiger partial charge in [0.15, 0.2) is 0 Å². The summed E-state index contributed by atoms with van der Waals surface area (Å²) in [6.07, 6.45) is -0.102. The molecule has 4 aliphatic rings. The lowest BCUT2D eigenvalue weighted by atomic mass is 9.76. The summed E-state index contributed by atoms with van der Waals surface area (Å²) < 4.78 is 73.1. The molecule has 14 unspecified atom stereocenters. The molecule has 4 aromatic heterocycles. The largest absolute Gasteiger partial charge is 0.394 e. The smallest absolute Gasteiger partial charge is 0.343 e. The molecule has 32 nitrogen and oxygen atoms in total. The summed E-state index contributed by atoms with van der Waals surface area (Å²) in [4.78, 5) is 107. The van der Waals surface area contributed by atoms with Crippen LogP contribution in [0.5, 0.6) is 0 Å². The van der Waals surface area contributed by atoms with Gasteiger partial charge in [-0.2, -0.15) is 0 Å². The maximum Gasteiger partial charge on any atom is 0.343 e. The molecule has 97 heavy (non-hydrogen) atoms. The normalized spacial score (nSPS) is 25.5. The summed E-state index contributed by atoms with van der Waals surface area (Å²) in [7, 11) is -1.40. The summed E-state index contributed by atoms with van der Waals surface area (Å²) in [5, 5.41) is 30.2. The van der Waals surface area contributed by atoms with Gasteiger partial charge in [-0.15, -0.1) is 0 Å². The van der Waals surface area contributed by atoms with E-state index in [-0.39, 0.29) is 40.3 Å². The Morgan fingerprint density at radius 2 is 0.773 bits per heavy atom. The lowest BCUT2D eigenvalue weighted by Gasteiger charge is -2.40. The molecule has 524 valence electrons. The SMILES string of the molecule is Cc1cn(C2CC(N)C(COP(=O)(NC3CC(n4cc(C)c(=O)[nH]c4=O)OC3CO)N(C)C)O2)c(=O)[nH]c1=O.Cc1cn(C2CC(NC(c3ccccc3)(c3ccccc3)c3ccccc3)C(COP(=O)(NC3CC(n4cc(C)c(=O)[nH]c4=O)OC3CO)N(C)C)O2)c(=O)[nH]c1=O.[2HH]. The molecule has 0 aliphatic carbocycles. The molecule has 0 radical (unpaired) electrons. The van der Waals surface area contributed by atoms with Crippen molar-refractivity contribution in [3.8, 4) is 0 Å². The number of H-pyrrole nitrogens is 4. The van der Waals surface area contributed by atoms with E-state index in [0.29, 0.717) is 22.3 Å². The first kappa shape index (κ1) is 72.0. The van der Waals surface area contributed by atoms with Crippen LogP contribution < -0.4 is 66.2 Å². The third-order valence-corrected chi connectivity index (χ3v) is 22.2. The molecule has 0 spiro atoms. The van der Waals surface area contributed by atoms with Crippen molar-refractivity contribution in [2.45, 2.75) is 132 Å². The zero-order chi connectivity index (χ0) is 69.8. The standard InChI is InChI=1S/C41H48N7O9P.C22H34N7O9P.H2/c1-26-22-47(39(52)42-37(26)50)35-20-31(44-41(28-14-8-5-9-15-28,29-16-10-6-11-17-29)30-18-12-7-13-19-30)34(57-35)25-55-58(54,46(3)4)45-32-21-36(56-33(32)24-49)48-23-27(2)38(51)43-40(48)53;1-11-7-28(21(33)24-19(11)31)17-5-13(23)16(38-17)10-36-39(35,27(3)4)26-14-6-18(37-15(14)9-30)29-8-12(2)20(32)25-22(29)34;/h5-19,22-23,31-36,44,49H,20-21,24-25H2,1-4H3,(H,45,54)(H,42,50,52)(H,43,51,53);7-8,13-18,30H,5-6,9-10,23H2,1-4H3,(H,26,35)(H,24,31,33)(H,25,32,34);1H/i;;1+1. The van der Waals surface area contributed by atoms with Gasteiger partial charge in [0.05, 0.1) is 56.4 Å². The fourth-order valence-corrected chi connectivity index (χ4v) is 15.5. The van der Waals surface area contributed by atoms with Crippen molar-refractivity contribution in [2.24, 2.45) is 5.73 Å². The number of aliphatic hydroxyl groups excluding tert-OH is 2. The van der Waals surface area contributed by atoms with Gasteiger partial charge in [-0.1, -0.05) is 91.0 Å². The van der Waals surface area contributed by atoms with Gasteiger partial charge in [0, 0.05) is 98.3 Å². The molecular formula is C63H84N14O18P2. The third kappa shape index (κ3) is 15.6. The van der Waals surface area contributed by atoms with Crippen LogP contribution in [0.4, 0.5) is 0 Å². The molecule has 11 rings (SSSR count). The molecule has 4 fully saturated rings. The fourth-order valence-electron chi connectivity index (χ4n) is 12.3. The highest BCUT2D eigenvalue weighted by atomic mass is 31.2. The fraction of sp³-hybridized carbons (Fsp3) is 0.460. The first-order valence-electron chi connectivity index (χ1n) is 31.4. The number of nitrogens with two attached hydrogens (primary N) is 1. The number of hydrogen-bond acceptors (Lipinski definition) is 20. The molecule has 14 atom stereocenters. The minimum atomic E-state index is -3.93. The minimum absolute atomic E-state index is 0. The first-order chi connectivity index (χ1) is 46.1. The van der Waals surface area contributed by atoms with Gasteiger partial charge < -0.3 is 43.9 Å². The summed E-state index contributed by atoms with van der Waals surface area (Å²) in [5.74, 6) is 0. The second-order valence-electron chi connectivity index (χ2n) is 24.8. The van der Waals surface area contributed by atoms with E-state index in [9.17, 15) is 57.7 Å². The van der Waals surface area contributed by atoms with Gasteiger partial charge >= 0.3 is 38.1 Å². The predicted octanol–water partition coefficient (Wildman–Crippen LogP) is 1.35. The summed E-state index contributed by atoms with van der Waals surface area (Å²) in [6.45, 7) is 5.00. The lowest BCUT2D eigenvalue weighted by Crippen LogP contribution is -2.53. The van der Waals surface area contributed by atoms with E-state index >= 15 is 0 Å². The molecule has 3 aromatic carbocycles. The van der Waals surface area contributed by atoms with Crippen LogP contribution in [0.25, 0.3) is 0 Å². The average molecular weight is 1390 g/mol. The number of aliphatic hydroxyl groups is 2. The Morgan fingerprint density at radius 1 is 0.485 bits per heavy atom. The van der Waals surface area contributed by atoms with Crippen molar-refractivity contribution in [1.29, 1.82) is 0 Å². The van der Waals surface area contributed by atoms with E-state index < -0.39 is 153 Å². The summed E-state index contributed by atoms with van der Waals surface area (Å²) in [6, 6.07) is 27.4. The minimum Gasteiger partial charge on any atom is -0.394 e. The molecular weight excluding hydrogens is 1300 g/mol. The van der Waals surface area contributed by atoms with Gasteiger partial charge in [-0.3, -0.25) is 71.8 Å². The van der Waals surface area contributed by atoms with Gasteiger partial charge in [0.1, 0.15) is 24.9 Å². The monoisotopic (exact) mass is 1390 g/mol. The van der Waals surface area contributed by atoms with Crippen LogP contribution in [0, 0.1) is 27.7 Å². The van der Waals surface area contributed by atoms with E-state index in [1.54, 1.807) is 55.9 Å². The van der Waals surface area contributed by atoms with E-state index in [0.717, 1.165) is 16.7 Å². The molecule has 4 saturated heterocycles. The quantitative estimate of drug-likeness (QED) is 0.0319. The summed E-state index contributed by atoms with van der Waals surface area (Å²) in [5.41, 5.74) is 4.76. The number of aromatic nitrogens is 8. The molecule has 7 aromatic rings. The van der Waals surface area contributed by atoms with Gasteiger partial charge in [0.25, 0.3) is 22.2 Å². The number of aryl methyl sites for hydroxylation is 4. The number of hydrogen-bond donors (Lipinski definition) is 10. The van der Waals surface area contributed by atoms with Crippen LogP contribution in [0.2, 0.25) is 0 Å². The average Bonchev–Trinajstić information content (AvgIpc) is 1.03. The molecule has 34 heteroatoms. The van der Waals surface area contributed by atoms with E-state index in [2.05, 4.69) is 35.4 Å². The number of benzene rings is 3. The number of ether oxygens (including phenoxy) is 4. The predicted molar refractivity (Wildman–Crippen MR) is 357 cm³/mol. The highest BCUT2D eigenvalue weighted by Gasteiger charge is 2.48. The second kappa shape index (κ2) is 30.2. The number of nitrogens with zero attached hydrogens (tertiary/aromatic N) is 6. The Kier molecular flexibility index (Phi) is 22.4. The molecule has 0 bridgehead atoms. The van der Waals surface area contributed by atoms with Crippen molar-refractivity contribution in [2.75, 3.05) is 54.6 Å². The molecule has 11 N–H and O–H groups in total. The van der Waals surface area contributed by atoms with Crippen molar-refractivity contribution >= 4 is 15.3 Å². The van der Waals surface area contributed by atoms with Crippen LogP contribution in [0.15, 0.2) is 154 Å². The van der Waals surface area contributed by atoms with Crippen molar-refractivity contribution < 1.29 is 48.8 Å². The van der Waals surface area contributed by atoms with Crippen LogP contribution >= 0.6 is 15.3 Å². The third-order valence-electron chi connectivity index (χ3n) is 17.7. The maximum absolute atomic E-state index is 14.8. The summed E-state index contributed by atoms with van der Waals surface area (Å²) >= 11 is 0. The highest BCUT2D eigenvalue weighted by Crippen LogP contribution is 2.50. The zero-order valence-electron chi connectivity index (χ0n) is 54.6. The lowest BCUT2D eigenvalue weighted by molar-refractivity contribution is -0.0302. The first-order valence-corrected chi connectivity index (χ1v) is 34.5. The van der Waals surface area contributed by atoms with E-state index in [1.807, 2.05) is 91.0 Å². The number of nitrogens with one attached hydrogen (secondary N) is 7. The second-order valence-corrected chi connectivity index (χ2v) is 29.5. The van der Waals surface area contributed by atoms with Crippen LogP contribution in [0.1, 0.15) is 91.0 Å². The van der Waals surface area contributed by atoms with Crippen LogP contribution in [-0.2, 0) is 42.7 Å². The number of rotatable bonds is 23. The van der Waals surface area contributed by atoms with Gasteiger partial charge in [0.2, 0.25) is 0 Å². The maximum atomic E-state index is 14.8. The van der Waals surface area contributed by atoms with Gasteiger partial charge in [-0.05, 0) is 72.6 Å². The Balaban J connectivity index is 0.000000245. The Labute approximate surface area is 555 Å². The molecule has 4 aliphatic heterocycles. The van der Waals surface area contributed by atoms with Gasteiger partial charge in [-0.25, -0.2) is 38.7 Å². The topological polar surface area (TPSA) is 418 Å². The molecule has 0 amide bonds. The van der Waals surface area contributed by atoms with Crippen molar-refractivity contribution in [1.82, 2.24) is 63.0 Å². The Morgan fingerprint density at radius 3 is 1.09 bits per heavy atom. The van der Waals surface area contributed by atoms with Crippen LogP contribution in [-0.4, -0.2) is 161 Å². The zero-order valence-corrected chi connectivity index (χ0v) is 56.4. The van der Waals surface area contributed by atoms with Crippen molar-refractivity contribution in [3.63, 3.8) is 0 Å². The van der Waals surface area contributed by atoms with Crippen molar-refractivity contribution in [3.05, 3.63) is 238 Å². The number of aromatic amines is 4. The Bertz CT molecular complexity index is 4430. The Hall–Kier alpha value is -7.72. The molecule has 8 heterocycles. The van der Waals surface area contributed by atoms with E-state index in [4.69, 9.17) is 33.7 Å². The molecule has 0 saturated carbocycles. The van der Waals surface area contributed by atoms with Crippen LogP contribution in [0.3, 0.4) is 0 Å².